The molecule has 1 heterocycles. The second-order valence-corrected chi connectivity index (χ2v) is 3.80. The maximum absolute atomic E-state index is 11.2. The molecule has 4 heteroatoms. The summed E-state index contributed by atoms with van der Waals surface area (Å²) in [6, 6.07) is 3.40. The largest absolute Gasteiger partial charge is 0.497 e. The molecule has 0 atom stereocenters. The first-order valence-electron chi connectivity index (χ1n) is 4.91. The van der Waals surface area contributed by atoms with Gasteiger partial charge in [0.25, 0.3) is 0 Å². The Morgan fingerprint density at radius 1 is 1.44 bits per heavy atom. The van der Waals surface area contributed by atoms with Crippen molar-refractivity contribution in [3.8, 4) is 5.75 Å². The zero-order chi connectivity index (χ0) is 11.9. The number of hydrogen-bond donors (Lipinski definition) is 1. The zero-order valence-corrected chi connectivity index (χ0v) is 9.44. The van der Waals surface area contributed by atoms with Crippen LogP contribution in [0, 0.1) is 6.92 Å². The summed E-state index contributed by atoms with van der Waals surface area (Å²) in [4.78, 5) is 11.2. The van der Waals surface area contributed by atoms with Crippen LogP contribution in [-0.4, -0.2) is 22.8 Å². The number of ether oxygens (including phenoxy) is 1. The van der Waals surface area contributed by atoms with Crippen molar-refractivity contribution >= 4 is 16.9 Å². The number of aromatic nitrogens is 1. The van der Waals surface area contributed by atoms with E-state index in [-0.39, 0.29) is 5.56 Å². The molecule has 0 aliphatic rings. The van der Waals surface area contributed by atoms with E-state index in [9.17, 15) is 4.79 Å². The van der Waals surface area contributed by atoms with E-state index in [2.05, 4.69) is 0 Å². The molecule has 0 aliphatic heterocycles. The lowest BCUT2D eigenvalue weighted by molar-refractivity contribution is 0.0698. The number of carbonyl (C=O) groups is 1. The lowest BCUT2D eigenvalue weighted by Crippen LogP contribution is -2.01. The van der Waals surface area contributed by atoms with Crippen LogP contribution in [0.15, 0.2) is 18.3 Å². The van der Waals surface area contributed by atoms with Gasteiger partial charge in [0.15, 0.2) is 0 Å². The van der Waals surface area contributed by atoms with E-state index in [0.717, 1.165) is 16.5 Å². The first-order valence-corrected chi connectivity index (χ1v) is 4.91. The Morgan fingerprint density at radius 2 is 2.12 bits per heavy atom. The molecule has 1 N–H and O–H groups in total. The van der Waals surface area contributed by atoms with Crippen molar-refractivity contribution in [3.63, 3.8) is 0 Å². The van der Waals surface area contributed by atoms with Gasteiger partial charge in [-0.15, -0.1) is 0 Å². The Morgan fingerprint density at radius 3 is 2.69 bits per heavy atom. The molecule has 0 radical (unpaired) electrons. The molecule has 16 heavy (non-hydrogen) atoms. The van der Waals surface area contributed by atoms with E-state index in [1.807, 2.05) is 30.8 Å². The first-order chi connectivity index (χ1) is 7.54. The maximum Gasteiger partial charge on any atom is 0.337 e. The SMILES string of the molecule is COc1cc(C(=O)O)c2c(c1)c(C)cn2C. The predicted octanol–water partition coefficient (Wildman–Crippen LogP) is 2.19. The monoisotopic (exact) mass is 219 g/mol. The fourth-order valence-corrected chi connectivity index (χ4v) is 1.99. The fourth-order valence-electron chi connectivity index (χ4n) is 1.99. The van der Waals surface area contributed by atoms with Crippen LogP contribution in [0.1, 0.15) is 15.9 Å². The van der Waals surface area contributed by atoms with Crippen LogP contribution in [0.25, 0.3) is 10.9 Å². The minimum atomic E-state index is -0.940. The number of aryl methyl sites for hydroxylation is 2. The number of benzene rings is 1. The van der Waals surface area contributed by atoms with Gasteiger partial charge in [-0.3, -0.25) is 0 Å². The average Bonchev–Trinajstić information content (AvgIpc) is 2.53. The van der Waals surface area contributed by atoms with Crippen molar-refractivity contribution in [2.75, 3.05) is 7.11 Å². The van der Waals surface area contributed by atoms with Crippen LogP contribution in [0.4, 0.5) is 0 Å². The summed E-state index contributed by atoms with van der Waals surface area (Å²) in [5, 5.41) is 10.1. The van der Waals surface area contributed by atoms with Crippen LogP contribution >= 0.6 is 0 Å². The van der Waals surface area contributed by atoms with Gasteiger partial charge < -0.3 is 14.4 Å². The molecule has 0 spiro atoms. The van der Waals surface area contributed by atoms with E-state index in [4.69, 9.17) is 9.84 Å². The molecule has 0 amide bonds. The normalized spacial score (nSPS) is 10.7. The van der Waals surface area contributed by atoms with Crippen molar-refractivity contribution in [1.29, 1.82) is 0 Å². The minimum absolute atomic E-state index is 0.268. The second kappa shape index (κ2) is 3.56. The van der Waals surface area contributed by atoms with Crippen LogP contribution in [0.2, 0.25) is 0 Å². The van der Waals surface area contributed by atoms with Crippen molar-refractivity contribution < 1.29 is 14.6 Å². The highest BCUT2D eigenvalue weighted by Gasteiger charge is 2.15. The Hall–Kier alpha value is -1.97. The Bertz CT molecular complexity index is 569. The third-order valence-corrected chi connectivity index (χ3v) is 2.71. The highest BCUT2D eigenvalue weighted by molar-refractivity contribution is 6.04. The summed E-state index contributed by atoms with van der Waals surface area (Å²) in [6.07, 6.45) is 1.91. The molecule has 0 unspecified atom stereocenters. The van der Waals surface area contributed by atoms with Crippen molar-refractivity contribution in [2.45, 2.75) is 6.92 Å². The zero-order valence-electron chi connectivity index (χ0n) is 9.44. The van der Waals surface area contributed by atoms with Gasteiger partial charge in [-0.25, -0.2) is 4.79 Å². The average molecular weight is 219 g/mol. The standard InChI is InChI=1S/C12H13NO3/c1-7-6-13(2)11-9(7)4-8(16-3)5-10(11)12(14)15/h4-6H,1-3H3,(H,14,15). The van der Waals surface area contributed by atoms with Crippen LogP contribution in [0.3, 0.4) is 0 Å². The first kappa shape index (κ1) is 10.5. The summed E-state index contributed by atoms with van der Waals surface area (Å²) in [6.45, 7) is 1.95. The third kappa shape index (κ3) is 1.43. The van der Waals surface area contributed by atoms with Gasteiger partial charge in [-0.05, 0) is 24.6 Å². The molecule has 0 saturated carbocycles. The summed E-state index contributed by atoms with van der Waals surface area (Å²) in [5.41, 5.74) is 2.04. The molecule has 0 fully saturated rings. The smallest absolute Gasteiger partial charge is 0.337 e. The lowest BCUT2D eigenvalue weighted by Gasteiger charge is -2.05. The molecular weight excluding hydrogens is 206 g/mol. The van der Waals surface area contributed by atoms with Gasteiger partial charge in [0.05, 0.1) is 18.2 Å². The lowest BCUT2D eigenvalue weighted by atomic mass is 10.1. The van der Waals surface area contributed by atoms with Gasteiger partial charge in [0.2, 0.25) is 0 Å². The number of rotatable bonds is 2. The summed E-state index contributed by atoms with van der Waals surface area (Å²) in [7, 11) is 3.37. The summed E-state index contributed by atoms with van der Waals surface area (Å²) in [5.74, 6) is -0.371. The topological polar surface area (TPSA) is 51.5 Å². The van der Waals surface area contributed by atoms with E-state index < -0.39 is 5.97 Å². The predicted molar refractivity (Wildman–Crippen MR) is 61.2 cm³/mol. The molecule has 0 bridgehead atoms. The van der Waals surface area contributed by atoms with E-state index in [1.54, 1.807) is 6.07 Å². The Labute approximate surface area is 93.1 Å². The van der Waals surface area contributed by atoms with Crippen LogP contribution in [0.5, 0.6) is 5.75 Å². The van der Waals surface area contributed by atoms with Crippen molar-refractivity contribution in [3.05, 3.63) is 29.5 Å². The van der Waals surface area contributed by atoms with E-state index in [0.29, 0.717) is 5.75 Å². The second-order valence-electron chi connectivity index (χ2n) is 3.80. The van der Waals surface area contributed by atoms with E-state index >= 15 is 0 Å². The summed E-state index contributed by atoms with van der Waals surface area (Å²) >= 11 is 0. The number of hydrogen-bond acceptors (Lipinski definition) is 2. The number of nitrogens with zero attached hydrogens (tertiary/aromatic N) is 1. The highest BCUT2D eigenvalue weighted by Crippen LogP contribution is 2.28. The Kier molecular flexibility index (Phi) is 2.34. The van der Waals surface area contributed by atoms with Gasteiger partial charge in [0.1, 0.15) is 5.75 Å². The molecule has 4 nitrogen and oxygen atoms in total. The number of fused-ring (bicyclic) bond motifs is 1. The molecule has 0 aliphatic carbocycles. The molecule has 0 saturated heterocycles. The molecule has 2 rings (SSSR count). The molecule has 84 valence electrons. The molecule has 1 aromatic carbocycles. The number of carboxylic acid groups (broad SMARTS) is 1. The quantitative estimate of drug-likeness (QED) is 0.842. The number of carboxylic acids is 1. The summed E-state index contributed by atoms with van der Waals surface area (Å²) < 4.78 is 6.93. The van der Waals surface area contributed by atoms with Gasteiger partial charge in [-0.1, -0.05) is 0 Å². The molecule has 1 aromatic heterocycles. The van der Waals surface area contributed by atoms with Crippen molar-refractivity contribution in [2.24, 2.45) is 7.05 Å². The highest BCUT2D eigenvalue weighted by atomic mass is 16.5. The van der Waals surface area contributed by atoms with Gasteiger partial charge in [-0.2, -0.15) is 0 Å². The number of aromatic carboxylic acids is 1. The molecular formula is C12H13NO3. The van der Waals surface area contributed by atoms with Gasteiger partial charge >= 0.3 is 5.97 Å². The van der Waals surface area contributed by atoms with Gasteiger partial charge in [0, 0.05) is 18.6 Å². The van der Waals surface area contributed by atoms with Crippen molar-refractivity contribution in [1.82, 2.24) is 4.57 Å². The van der Waals surface area contributed by atoms with E-state index in [1.165, 1.54) is 7.11 Å². The fraction of sp³-hybridized carbons (Fsp3) is 0.250. The number of methoxy groups -OCH3 is 1. The minimum Gasteiger partial charge on any atom is -0.497 e. The van der Waals surface area contributed by atoms with Crippen LogP contribution < -0.4 is 4.74 Å². The molecule has 2 aromatic rings. The maximum atomic E-state index is 11.2. The van der Waals surface area contributed by atoms with Crippen LogP contribution in [-0.2, 0) is 7.05 Å². The Balaban J connectivity index is 2.90. The third-order valence-electron chi connectivity index (χ3n) is 2.71.